The van der Waals surface area contributed by atoms with Crippen LogP contribution < -0.4 is 10.1 Å². The fraction of sp³-hybridized carbons (Fsp3) is 0.0870. The van der Waals surface area contributed by atoms with Crippen LogP contribution >= 0.6 is 23.1 Å². The van der Waals surface area contributed by atoms with Gasteiger partial charge in [-0.05, 0) is 48.0 Å². The summed E-state index contributed by atoms with van der Waals surface area (Å²) in [6, 6.07) is 19.1. The Hall–Kier alpha value is -3.76. The fourth-order valence-corrected chi connectivity index (χ4v) is 4.83. The van der Waals surface area contributed by atoms with E-state index in [1.54, 1.807) is 37.6 Å². The summed E-state index contributed by atoms with van der Waals surface area (Å²) in [6.45, 7) is 0. The van der Waals surface area contributed by atoms with Gasteiger partial charge in [-0.1, -0.05) is 23.9 Å². The minimum atomic E-state index is -0.434. The van der Waals surface area contributed by atoms with Gasteiger partial charge in [0.15, 0.2) is 4.34 Å². The minimum absolute atomic E-state index is 0.0415. The number of thioether (sulfide) groups is 1. The summed E-state index contributed by atoms with van der Waals surface area (Å²) in [7, 11) is 1.56. The predicted molar refractivity (Wildman–Crippen MR) is 132 cm³/mol. The number of anilines is 1. The van der Waals surface area contributed by atoms with Crippen molar-refractivity contribution in [1.29, 1.82) is 0 Å². The number of thiazole rings is 1. The molecule has 1 amide bonds. The Morgan fingerprint density at radius 1 is 1.21 bits per heavy atom. The van der Waals surface area contributed by atoms with E-state index in [1.807, 2.05) is 30.3 Å². The topological polar surface area (TPSA) is 107 Å². The first-order chi connectivity index (χ1) is 16.0. The number of nitrogens with one attached hydrogen (secondary N) is 1. The van der Waals surface area contributed by atoms with Gasteiger partial charge in [0.2, 0.25) is 5.91 Å². The number of aliphatic imine (C=N–C) groups is 1. The van der Waals surface area contributed by atoms with E-state index in [-0.39, 0.29) is 17.3 Å². The number of ether oxygens (including phenoxy) is 1. The first-order valence-electron chi connectivity index (χ1n) is 9.76. The lowest BCUT2D eigenvalue weighted by Crippen LogP contribution is -2.14. The van der Waals surface area contributed by atoms with Crippen LogP contribution in [-0.2, 0) is 4.79 Å². The molecule has 166 valence electrons. The van der Waals surface area contributed by atoms with Crippen molar-refractivity contribution in [2.45, 2.75) is 4.34 Å². The average molecular weight is 479 g/mol. The molecule has 0 aliphatic heterocycles. The molecule has 0 atom stereocenters. The largest absolute Gasteiger partial charge is 0.495 e. The second kappa shape index (κ2) is 10.2. The fourth-order valence-electron chi connectivity index (χ4n) is 2.93. The van der Waals surface area contributed by atoms with E-state index in [0.29, 0.717) is 11.4 Å². The average Bonchev–Trinajstić information content (AvgIpc) is 3.24. The highest BCUT2D eigenvalue weighted by molar-refractivity contribution is 8.01. The Balaban J connectivity index is 1.39. The van der Waals surface area contributed by atoms with Crippen molar-refractivity contribution in [1.82, 2.24) is 4.98 Å². The molecule has 10 heteroatoms. The number of non-ortho nitro benzene ring substituents is 1. The number of aromatic nitrogens is 1. The predicted octanol–water partition coefficient (Wildman–Crippen LogP) is 5.69. The van der Waals surface area contributed by atoms with Gasteiger partial charge in [-0.25, -0.2) is 4.98 Å². The maximum Gasteiger partial charge on any atom is 0.269 e. The van der Waals surface area contributed by atoms with Gasteiger partial charge in [-0.2, -0.15) is 0 Å². The van der Waals surface area contributed by atoms with Crippen LogP contribution in [0.2, 0.25) is 0 Å². The first kappa shape index (κ1) is 22.4. The summed E-state index contributed by atoms with van der Waals surface area (Å²) in [5, 5.41) is 13.6. The number of para-hydroxylation sites is 2. The van der Waals surface area contributed by atoms with E-state index in [2.05, 4.69) is 15.3 Å². The van der Waals surface area contributed by atoms with E-state index >= 15 is 0 Å². The molecule has 0 aliphatic rings. The van der Waals surface area contributed by atoms with Crippen molar-refractivity contribution >= 4 is 62.5 Å². The summed E-state index contributed by atoms with van der Waals surface area (Å²) in [5.74, 6) is 0.693. The standard InChI is InChI=1S/C23H18N4O4S2/c1-31-20-5-3-2-4-18(20)25-22(28)14-32-23-26-19-11-8-16(12-21(19)33-23)24-13-15-6-9-17(10-7-15)27(29)30/h2-13H,14H2,1H3,(H,25,28). The Kier molecular flexibility index (Phi) is 6.96. The number of amides is 1. The molecule has 1 heterocycles. The van der Waals surface area contributed by atoms with Gasteiger partial charge in [-0.3, -0.25) is 19.9 Å². The zero-order valence-electron chi connectivity index (χ0n) is 17.4. The number of hydrogen-bond acceptors (Lipinski definition) is 8. The maximum atomic E-state index is 12.3. The van der Waals surface area contributed by atoms with Crippen LogP contribution in [0, 0.1) is 10.1 Å². The third kappa shape index (κ3) is 5.73. The molecular weight excluding hydrogens is 460 g/mol. The van der Waals surface area contributed by atoms with E-state index in [1.165, 1.54) is 35.2 Å². The van der Waals surface area contributed by atoms with Crippen molar-refractivity contribution in [2.24, 2.45) is 4.99 Å². The summed E-state index contributed by atoms with van der Waals surface area (Å²) < 4.78 is 7.00. The van der Waals surface area contributed by atoms with Crippen molar-refractivity contribution in [3.05, 3.63) is 82.4 Å². The molecule has 0 fully saturated rings. The number of hydrogen-bond donors (Lipinski definition) is 1. The molecule has 0 spiro atoms. The molecule has 1 N–H and O–H groups in total. The molecule has 4 rings (SSSR count). The van der Waals surface area contributed by atoms with Crippen LogP contribution in [-0.4, -0.2) is 34.9 Å². The molecule has 0 radical (unpaired) electrons. The Morgan fingerprint density at radius 3 is 2.76 bits per heavy atom. The smallest absolute Gasteiger partial charge is 0.269 e. The minimum Gasteiger partial charge on any atom is -0.495 e. The second-order valence-electron chi connectivity index (χ2n) is 6.78. The van der Waals surface area contributed by atoms with Crippen LogP contribution in [0.25, 0.3) is 10.2 Å². The molecule has 0 unspecified atom stereocenters. The molecule has 33 heavy (non-hydrogen) atoms. The molecular formula is C23H18N4O4S2. The summed E-state index contributed by atoms with van der Waals surface area (Å²) in [4.78, 5) is 31.7. The van der Waals surface area contributed by atoms with Gasteiger partial charge in [0.05, 0.1) is 39.4 Å². The summed E-state index contributed by atoms with van der Waals surface area (Å²) >= 11 is 2.86. The Labute approximate surface area is 197 Å². The van der Waals surface area contributed by atoms with E-state index in [4.69, 9.17) is 4.74 Å². The van der Waals surface area contributed by atoms with Crippen molar-refractivity contribution < 1.29 is 14.5 Å². The van der Waals surface area contributed by atoms with Gasteiger partial charge in [0.25, 0.3) is 5.69 Å². The van der Waals surface area contributed by atoms with E-state index in [0.717, 1.165) is 25.8 Å². The quantitative estimate of drug-likeness (QED) is 0.151. The first-order valence-corrected chi connectivity index (χ1v) is 11.6. The van der Waals surface area contributed by atoms with E-state index in [9.17, 15) is 14.9 Å². The van der Waals surface area contributed by atoms with Crippen LogP contribution in [0.3, 0.4) is 0 Å². The van der Waals surface area contributed by atoms with Crippen LogP contribution in [0.5, 0.6) is 5.75 Å². The highest BCUT2D eigenvalue weighted by Crippen LogP contribution is 2.32. The number of carbonyl (C=O) groups is 1. The number of nitro benzene ring substituents is 1. The molecule has 0 aliphatic carbocycles. The number of benzene rings is 3. The van der Waals surface area contributed by atoms with Gasteiger partial charge in [0.1, 0.15) is 5.75 Å². The number of nitrogens with zero attached hydrogens (tertiary/aromatic N) is 3. The maximum absolute atomic E-state index is 12.3. The van der Waals surface area contributed by atoms with Gasteiger partial charge >= 0.3 is 0 Å². The number of methoxy groups -OCH3 is 1. The van der Waals surface area contributed by atoms with Gasteiger partial charge in [-0.15, -0.1) is 11.3 Å². The number of fused-ring (bicyclic) bond motifs is 1. The number of carbonyl (C=O) groups excluding carboxylic acids is 1. The summed E-state index contributed by atoms with van der Waals surface area (Å²) in [6.07, 6.45) is 1.66. The summed E-state index contributed by atoms with van der Waals surface area (Å²) in [5.41, 5.74) is 3.02. The van der Waals surface area contributed by atoms with Crippen LogP contribution in [0.15, 0.2) is 76.1 Å². The monoisotopic (exact) mass is 478 g/mol. The molecule has 0 saturated heterocycles. The molecule has 1 aromatic heterocycles. The molecule has 0 bridgehead atoms. The van der Waals surface area contributed by atoms with Crippen molar-refractivity contribution in [2.75, 3.05) is 18.2 Å². The molecule has 0 saturated carbocycles. The normalized spacial score (nSPS) is 11.1. The third-order valence-electron chi connectivity index (χ3n) is 4.53. The molecule has 3 aromatic carbocycles. The van der Waals surface area contributed by atoms with Gasteiger partial charge in [0, 0.05) is 18.3 Å². The van der Waals surface area contributed by atoms with Crippen molar-refractivity contribution in [3.63, 3.8) is 0 Å². The third-order valence-corrected chi connectivity index (χ3v) is 6.69. The zero-order chi connectivity index (χ0) is 23.2. The van der Waals surface area contributed by atoms with Gasteiger partial charge < -0.3 is 10.1 Å². The highest BCUT2D eigenvalue weighted by atomic mass is 32.2. The Bertz CT molecular complexity index is 1340. The highest BCUT2D eigenvalue weighted by Gasteiger charge is 2.11. The lowest BCUT2D eigenvalue weighted by molar-refractivity contribution is -0.384. The Morgan fingerprint density at radius 2 is 2.00 bits per heavy atom. The lowest BCUT2D eigenvalue weighted by atomic mass is 10.2. The second-order valence-corrected chi connectivity index (χ2v) is 9.03. The molecule has 8 nitrogen and oxygen atoms in total. The van der Waals surface area contributed by atoms with Crippen LogP contribution in [0.4, 0.5) is 17.1 Å². The molecule has 4 aromatic rings. The van der Waals surface area contributed by atoms with Crippen LogP contribution in [0.1, 0.15) is 5.56 Å². The lowest BCUT2D eigenvalue weighted by Gasteiger charge is -2.09. The number of rotatable bonds is 8. The van der Waals surface area contributed by atoms with Crippen molar-refractivity contribution in [3.8, 4) is 5.75 Å². The number of nitro groups is 1. The van der Waals surface area contributed by atoms with E-state index < -0.39 is 4.92 Å². The zero-order valence-corrected chi connectivity index (χ0v) is 19.1. The SMILES string of the molecule is COc1ccccc1NC(=O)CSc1nc2ccc(N=Cc3ccc([N+](=O)[O-])cc3)cc2s1.